The maximum absolute atomic E-state index is 12.5. The topological polar surface area (TPSA) is 21.3 Å². The Balaban J connectivity index is 2.13. The first kappa shape index (κ1) is 14.4. The van der Waals surface area contributed by atoms with Crippen LogP contribution in [0, 0.1) is 0 Å². The third kappa shape index (κ3) is 3.12. The fraction of sp³-hybridized carbons (Fsp3) is 0.600. The van der Waals surface area contributed by atoms with Gasteiger partial charge in [-0.1, -0.05) is 38.1 Å². The third-order valence-electron chi connectivity index (χ3n) is 4.02. The molecule has 1 unspecified atom stereocenters. The molecule has 1 N–H and O–H groups in total. The SMILES string of the molecule is CCC1(CC)CNCC(c2ccc(C(F)F)cc2)O1. The highest BCUT2D eigenvalue weighted by molar-refractivity contribution is 5.25. The van der Waals surface area contributed by atoms with Gasteiger partial charge in [-0.15, -0.1) is 0 Å². The van der Waals surface area contributed by atoms with Gasteiger partial charge in [0.05, 0.1) is 11.7 Å². The number of hydrogen-bond acceptors (Lipinski definition) is 2. The van der Waals surface area contributed by atoms with Gasteiger partial charge in [0, 0.05) is 18.7 Å². The van der Waals surface area contributed by atoms with E-state index in [1.807, 2.05) is 0 Å². The summed E-state index contributed by atoms with van der Waals surface area (Å²) in [5.41, 5.74) is 0.886. The van der Waals surface area contributed by atoms with E-state index in [-0.39, 0.29) is 17.3 Å². The molecule has 4 heteroatoms. The van der Waals surface area contributed by atoms with Crippen molar-refractivity contribution >= 4 is 0 Å². The Hall–Kier alpha value is -1.00. The van der Waals surface area contributed by atoms with Crippen LogP contribution in [0.3, 0.4) is 0 Å². The van der Waals surface area contributed by atoms with Crippen LogP contribution in [0.2, 0.25) is 0 Å². The first-order chi connectivity index (χ1) is 9.10. The smallest absolute Gasteiger partial charge is 0.263 e. The van der Waals surface area contributed by atoms with Gasteiger partial charge in [-0.05, 0) is 18.4 Å². The fourth-order valence-electron chi connectivity index (χ4n) is 2.52. The summed E-state index contributed by atoms with van der Waals surface area (Å²) >= 11 is 0. The van der Waals surface area contributed by atoms with E-state index in [4.69, 9.17) is 4.74 Å². The van der Waals surface area contributed by atoms with Crippen molar-refractivity contribution in [3.63, 3.8) is 0 Å². The summed E-state index contributed by atoms with van der Waals surface area (Å²) in [7, 11) is 0. The van der Waals surface area contributed by atoms with E-state index in [0.717, 1.165) is 31.5 Å². The van der Waals surface area contributed by atoms with Gasteiger partial charge >= 0.3 is 0 Å². The molecule has 0 saturated carbocycles. The number of morpholine rings is 1. The number of benzene rings is 1. The van der Waals surface area contributed by atoms with Crippen LogP contribution in [-0.4, -0.2) is 18.7 Å². The van der Waals surface area contributed by atoms with Crippen LogP contribution in [0.1, 0.15) is 50.3 Å². The number of rotatable bonds is 4. The second kappa shape index (κ2) is 5.97. The summed E-state index contributed by atoms with van der Waals surface area (Å²) in [5.74, 6) is 0. The van der Waals surface area contributed by atoms with Crippen LogP contribution >= 0.6 is 0 Å². The quantitative estimate of drug-likeness (QED) is 0.896. The highest BCUT2D eigenvalue weighted by Gasteiger charge is 2.34. The lowest BCUT2D eigenvalue weighted by Gasteiger charge is -2.41. The minimum atomic E-state index is -2.41. The highest BCUT2D eigenvalue weighted by atomic mass is 19.3. The molecule has 0 aromatic heterocycles. The van der Waals surface area contributed by atoms with Gasteiger partial charge in [-0.3, -0.25) is 0 Å². The lowest BCUT2D eigenvalue weighted by Crippen LogP contribution is -2.50. The van der Waals surface area contributed by atoms with Gasteiger partial charge < -0.3 is 10.1 Å². The zero-order valence-electron chi connectivity index (χ0n) is 11.5. The van der Waals surface area contributed by atoms with Crippen LogP contribution < -0.4 is 5.32 Å². The van der Waals surface area contributed by atoms with Crippen LogP contribution in [0.4, 0.5) is 8.78 Å². The molecule has 1 atom stereocenters. The van der Waals surface area contributed by atoms with Gasteiger partial charge in [0.1, 0.15) is 0 Å². The molecule has 1 saturated heterocycles. The Labute approximate surface area is 113 Å². The second-order valence-electron chi connectivity index (χ2n) is 5.09. The normalized spacial score (nSPS) is 22.7. The predicted molar refractivity (Wildman–Crippen MR) is 71.4 cm³/mol. The predicted octanol–water partition coefficient (Wildman–Crippen LogP) is 3.84. The molecule has 2 nitrogen and oxygen atoms in total. The Morgan fingerprint density at radius 3 is 2.42 bits per heavy atom. The standard InChI is InChI=1S/C15H21F2NO/c1-3-15(4-2)10-18-9-13(19-15)11-5-7-12(8-6-11)14(16)17/h5-8,13-14,18H,3-4,9-10H2,1-2H3. The molecule has 1 aromatic carbocycles. The van der Waals surface area contributed by atoms with Gasteiger partial charge in [0.25, 0.3) is 6.43 Å². The molecule has 2 rings (SSSR count). The first-order valence-electron chi connectivity index (χ1n) is 6.87. The van der Waals surface area contributed by atoms with E-state index in [1.54, 1.807) is 12.1 Å². The maximum atomic E-state index is 12.5. The number of alkyl halides is 2. The van der Waals surface area contributed by atoms with Crippen molar-refractivity contribution in [2.24, 2.45) is 0 Å². The molecule has 1 aromatic rings. The summed E-state index contributed by atoms with van der Waals surface area (Å²) in [4.78, 5) is 0. The average molecular weight is 269 g/mol. The minimum Gasteiger partial charge on any atom is -0.364 e. The molecule has 1 aliphatic rings. The van der Waals surface area contributed by atoms with E-state index < -0.39 is 6.43 Å². The van der Waals surface area contributed by atoms with Crippen molar-refractivity contribution in [3.05, 3.63) is 35.4 Å². The zero-order valence-corrected chi connectivity index (χ0v) is 11.5. The Morgan fingerprint density at radius 1 is 1.26 bits per heavy atom. The van der Waals surface area contributed by atoms with E-state index in [0.29, 0.717) is 0 Å². The molecule has 1 fully saturated rings. The Kier molecular flexibility index (Phi) is 4.53. The molecule has 106 valence electrons. The number of ether oxygens (including phenoxy) is 1. The number of nitrogens with one attached hydrogen (secondary N) is 1. The summed E-state index contributed by atoms with van der Waals surface area (Å²) in [6, 6.07) is 6.46. The van der Waals surface area contributed by atoms with Gasteiger partial charge in [-0.2, -0.15) is 0 Å². The average Bonchev–Trinajstić information content (AvgIpc) is 2.47. The van der Waals surface area contributed by atoms with Crippen LogP contribution in [-0.2, 0) is 4.74 Å². The first-order valence-corrected chi connectivity index (χ1v) is 6.87. The molecule has 0 radical (unpaired) electrons. The maximum Gasteiger partial charge on any atom is 0.263 e. The summed E-state index contributed by atoms with van der Waals surface area (Å²) < 4.78 is 31.3. The minimum absolute atomic E-state index is 0.0552. The highest BCUT2D eigenvalue weighted by Crippen LogP contribution is 2.32. The molecule has 1 heterocycles. The van der Waals surface area contributed by atoms with Gasteiger partial charge in [0.15, 0.2) is 0 Å². The van der Waals surface area contributed by atoms with Crippen LogP contribution in [0.25, 0.3) is 0 Å². The molecular weight excluding hydrogens is 248 g/mol. The van der Waals surface area contributed by atoms with E-state index in [1.165, 1.54) is 12.1 Å². The largest absolute Gasteiger partial charge is 0.364 e. The fourth-order valence-corrected chi connectivity index (χ4v) is 2.52. The Morgan fingerprint density at radius 2 is 1.89 bits per heavy atom. The molecule has 1 aliphatic heterocycles. The molecule has 0 amide bonds. The second-order valence-corrected chi connectivity index (χ2v) is 5.09. The lowest BCUT2D eigenvalue weighted by molar-refractivity contribution is -0.122. The van der Waals surface area contributed by atoms with Gasteiger partial charge in [-0.25, -0.2) is 8.78 Å². The van der Waals surface area contributed by atoms with Crippen molar-refractivity contribution in [2.45, 2.75) is 44.8 Å². The monoisotopic (exact) mass is 269 g/mol. The molecule has 0 spiro atoms. The Bertz CT molecular complexity index is 401. The summed E-state index contributed by atoms with van der Waals surface area (Å²) in [6.45, 7) is 5.82. The molecule has 0 bridgehead atoms. The molecular formula is C15H21F2NO. The van der Waals surface area contributed by atoms with Crippen molar-refractivity contribution < 1.29 is 13.5 Å². The van der Waals surface area contributed by atoms with Crippen LogP contribution in [0.5, 0.6) is 0 Å². The lowest BCUT2D eigenvalue weighted by atomic mass is 9.93. The van der Waals surface area contributed by atoms with Crippen LogP contribution in [0.15, 0.2) is 24.3 Å². The van der Waals surface area contributed by atoms with Crippen molar-refractivity contribution in [1.82, 2.24) is 5.32 Å². The summed E-state index contributed by atoms with van der Waals surface area (Å²) in [5, 5.41) is 3.39. The molecule has 19 heavy (non-hydrogen) atoms. The van der Waals surface area contributed by atoms with E-state index in [2.05, 4.69) is 19.2 Å². The number of hydrogen-bond donors (Lipinski definition) is 1. The van der Waals surface area contributed by atoms with Crippen molar-refractivity contribution in [1.29, 1.82) is 0 Å². The zero-order chi connectivity index (χ0) is 13.9. The molecule has 0 aliphatic carbocycles. The van der Waals surface area contributed by atoms with E-state index in [9.17, 15) is 8.78 Å². The van der Waals surface area contributed by atoms with Gasteiger partial charge in [0.2, 0.25) is 0 Å². The summed E-state index contributed by atoms with van der Waals surface area (Å²) in [6.07, 6.45) is -0.574. The van der Waals surface area contributed by atoms with E-state index >= 15 is 0 Å². The van der Waals surface area contributed by atoms with Crippen molar-refractivity contribution in [2.75, 3.05) is 13.1 Å². The third-order valence-corrected chi connectivity index (χ3v) is 4.02. The van der Waals surface area contributed by atoms with Crippen molar-refractivity contribution in [3.8, 4) is 0 Å². The number of halogens is 2.